The number of halogens is 1. The molecule has 1 saturated heterocycles. The summed E-state index contributed by atoms with van der Waals surface area (Å²) in [6.45, 7) is 0.459. The van der Waals surface area contributed by atoms with Crippen LogP contribution in [0.1, 0.15) is 6.42 Å². The fourth-order valence-corrected chi connectivity index (χ4v) is 4.26. The molecule has 3 atom stereocenters. The SMILES string of the molecule is CO[C@@H]1OCC[C@@H](F)[C@@H]1[Se]c1ccccc1. The van der Waals surface area contributed by atoms with Gasteiger partial charge in [-0.15, -0.1) is 0 Å². The molecule has 1 aromatic rings. The fraction of sp³-hybridized carbons (Fsp3) is 0.500. The minimum absolute atomic E-state index is 0.0573. The average Bonchev–Trinajstić information content (AvgIpc) is 2.33. The molecule has 1 fully saturated rings. The molecule has 0 saturated carbocycles. The first kappa shape index (κ1) is 12.1. The summed E-state index contributed by atoms with van der Waals surface area (Å²) in [6.07, 6.45) is -0.707. The predicted molar refractivity (Wildman–Crippen MR) is 61.8 cm³/mol. The van der Waals surface area contributed by atoms with Crippen molar-refractivity contribution in [3.8, 4) is 0 Å². The van der Waals surface area contributed by atoms with Crippen LogP contribution >= 0.6 is 0 Å². The molecule has 1 aliphatic heterocycles. The molecule has 0 bridgehead atoms. The Labute approximate surface area is 101 Å². The van der Waals surface area contributed by atoms with Gasteiger partial charge < -0.3 is 0 Å². The van der Waals surface area contributed by atoms with Crippen LogP contribution in [0.4, 0.5) is 4.39 Å². The molecular weight excluding hydrogens is 274 g/mol. The number of rotatable bonds is 3. The number of ether oxygens (including phenoxy) is 2. The topological polar surface area (TPSA) is 18.5 Å². The second kappa shape index (κ2) is 5.78. The van der Waals surface area contributed by atoms with Gasteiger partial charge in [-0.25, -0.2) is 0 Å². The van der Waals surface area contributed by atoms with Crippen LogP contribution in [0.5, 0.6) is 0 Å². The van der Waals surface area contributed by atoms with Crippen LogP contribution in [0, 0.1) is 0 Å². The van der Waals surface area contributed by atoms with Crippen molar-refractivity contribution < 1.29 is 13.9 Å². The molecule has 1 aliphatic rings. The van der Waals surface area contributed by atoms with Gasteiger partial charge in [0.1, 0.15) is 0 Å². The summed E-state index contributed by atoms with van der Waals surface area (Å²) < 4.78 is 25.7. The fourth-order valence-electron chi connectivity index (χ4n) is 1.71. The van der Waals surface area contributed by atoms with E-state index in [1.807, 2.05) is 30.3 Å². The van der Waals surface area contributed by atoms with Gasteiger partial charge in [-0.1, -0.05) is 0 Å². The third-order valence-electron chi connectivity index (χ3n) is 2.55. The van der Waals surface area contributed by atoms with E-state index in [1.54, 1.807) is 7.11 Å². The van der Waals surface area contributed by atoms with Gasteiger partial charge in [0, 0.05) is 0 Å². The van der Waals surface area contributed by atoms with Crippen molar-refractivity contribution in [3.63, 3.8) is 0 Å². The van der Waals surface area contributed by atoms with E-state index in [9.17, 15) is 4.39 Å². The Kier molecular flexibility index (Phi) is 4.36. The van der Waals surface area contributed by atoms with Crippen molar-refractivity contribution in [2.75, 3.05) is 13.7 Å². The van der Waals surface area contributed by atoms with Crippen molar-refractivity contribution in [3.05, 3.63) is 30.3 Å². The minimum atomic E-state index is -0.807. The predicted octanol–water partition coefficient (Wildman–Crippen LogP) is 1.54. The summed E-state index contributed by atoms with van der Waals surface area (Å²) in [4.78, 5) is -0.131. The van der Waals surface area contributed by atoms with Crippen LogP contribution in [0.15, 0.2) is 30.3 Å². The number of benzene rings is 1. The van der Waals surface area contributed by atoms with E-state index in [0.717, 1.165) is 0 Å². The summed E-state index contributed by atoms with van der Waals surface area (Å²) in [5.74, 6) is 0. The molecule has 88 valence electrons. The van der Waals surface area contributed by atoms with Crippen LogP contribution in [0.25, 0.3) is 0 Å². The van der Waals surface area contributed by atoms with Gasteiger partial charge in [0.2, 0.25) is 0 Å². The molecule has 0 aliphatic carbocycles. The zero-order valence-electron chi connectivity index (χ0n) is 9.14. The number of methoxy groups -OCH3 is 1. The van der Waals surface area contributed by atoms with E-state index in [2.05, 4.69) is 0 Å². The molecule has 0 spiro atoms. The van der Waals surface area contributed by atoms with Crippen molar-refractivity contribution >= 4 is 19.4 Å². The Morgan fingerprint density at radius 1 is 1.38 bits per heavy atom. The Morgan fingerprint density at radius 2 is 2.12 bits per heavy atom. The first-order chi connectivity index (χ1) is 7.81. The molecule has 16 heavy (non-hydrogen) atoms. The van der Waals surface area contributed by atoms with Crippen LogP contribution in [-0.4, -0.2) is 41.1 Å². The zero-order chi connectivity index (χ0) is 11.4. The molecule has 0 aromatic heterocycles. The van der Waals surface area contributed by atoms with E-state index in [4.69, 9.17) is 9.47 Å². The first-order valence-electron chi connectivity index (χ1n) is 5.31. The third kappa shape index (κ3) is 2.83. The maximum absolute atomic E-state index is 13.8. The number of hydrogen-bond donors (Lipinski definition) is 0. The van der Waals surface area contributed by atoms with Gasteiger partial charge >= 0.3 is 101 Å². The van der Waals surface area contributed by atoms with E-state index >= 15 is 0 Å². The van der Waals surface area contributed by atoms with Crippen LogP contribution in [0.2, 0.25) is 4.82 Å². The zero-order valence-corrected chi connectivity index (χ0v) is 10.8. The van der Waals surface area contributed by atoms with Crippen LogP contribution in [-0.2, 0) is 9.47 Å². The van der Waals surface area contributed by atoms with Crippen LogP contribution < -0.4 is 4.46 Å². The van der Waals surface area contributed by atoms with E-state index in [0.29, 0.717) is 13.0 Å². The second-order valence-electron chi connectivity index (χ2n) is 3.68. The van der Waals surface area contributed by atoms with Crippen molar-refractivity contribution in [2.45, 2.75) is 23.7 Å². The normalized spacial score (nSPS) is 30.2. The van der Waals surface area contributed by atoms with Crippen LogP contribution in [0.3, 0.4) is 0 Å². The Balaban J connectivity index is 2.05. The van der Waals surface area contributed by atoms with Crippen molar-refractivity contribution in [2.24, 2.45) is 0 Å². The summed E-state index contributed by atoms with van der Waals surface area (Å²) in [5.41, 5.74) is 0. The Morgan fingerprint density at radius 3 is 2.81 bits per heavy atom. The monoisotopic (exact) mass is 290 g/mol. The molecule has 0 unspecified atom stereocenters. The average molecular weight is 289 g/mol. The standard InChI is InChI=1S/C12H15FO2Se/c1-14-12-11(10(13)7-8-15-12)16-9-5-3-2-4-6-9/h2-6,10-12H,7-8H2,1H3/t10-,11+,12-/m1/s1. The van der Waals surface area contributed by atoms with Crippen molar-refractivity contribution in [1.29, 1.82) is 0 Å². The number of hydrogen-bond acceptors (Lipinski definition) is 2. The first-order valence-corrected chi connectivity index (χ1v) is 7.16. The quantitative estimate of drug-likeness (QED) is 0.786. The summed E-state index contributed by atoms with van der Waals surface area (Å²) in [6, 6.07) is 10.0. The van der Waals surface area contributed by atoms with Gasteiger partial charge in [-0.3, -0.25) is 0 Å². The van der Waals surface area contributed by atoms with E-state index in [1.165, 1.54) is 4.46 Å². The van der Waals surface area contributed by atoms with Gasteiger partial charge in [-0.2, -0.15) is 0 Å². The van der Waals surface area contributed by atoms with Gasteiger partial charge in [0.25, 0.3) is 0 Å². The molecule has 1 heterocycles. The van der Waals surface area contributed by atoms with Gasteiger partial charge in [0.05, 0.1) is 0 Å². The molecule has 0 N–H and O–H groups in total. The molecule has 1 aromatic carbocycles. The number of alkyl halides is 1. The summed E-state index contributed by atoms with van der Waals surface area (Å²) in [5, 5.41) is 0. The molecule has 0 amide bonds. The molecule has 2 nitrogen and oxygen atoms in total. The Bertz CT molecular complexity index is 320. The van der Waals surface area contributed by atoms with Crippen molar-refractivity contribution in [1.82, 2.24) is 0 Å². The van der Waals surface area contributed by atoms with Gasteiger partial charge in [-0.05, 0) is 0 Å². The molecule has 4 heteroatoms. The Hall–Kier alpha value is -0.411. The maximum atomic E-state index is 13.8. The molecule has 0 radical (unpaired) electrons. The van der Waals surface area contributed by atoms with E-state index in [-0.39, 0.29) is 26.1 Å². The summed E-state index contributed by atoms with van der Waals surface area (Å²) >= 11 is 0.0573. The second-order valence-corrected chi connectivity index (χ2v) is 6.30. The van der Waals surface area contributed by atoms with E-state index < -0.39 is 6.17 Å². The summed E-state index contributed by atoms with van der Waals surface area (Å²) in [7, 11) is 1.58. The molecule has 2 rings (SSSR count). The molecular formula is C12H15FO2Se. The van der Waals surface area contributed by atoms with Gasteiger partial charge in [0.15, 0.2) is 0 Å². The third-order valence-corrected chi connectivity index (χ3v) is 5.35.